The zero-order valence-electron chi connectivity index (χ0n) is 12.8. The third kappa shape index (κ3) is 5.93. The number of carbonyl (C=O) groups excluding carboxylic acids is 1. The Morgan fingerprint density at radius 2 is 1.48 bits per heavy atom. The van der Waals surface area contributed by atoms with Crippen LogP contribution in [0.3, 0.4) is 0 Å². The second kappa shape index (κ2) is 7.02. The number of hydrogen-bond donors (Lipinski definition) is 3. The number of halogens is 3. The van der Waals surface area contributed by atoms with Gasteiger partial charge in [-0.1, -0.05) is 0 Å². The highest BCUT2D eigenvalue weighted by molar-refractivity contribution is 5.83. The van der Waals surface area contributed by atoms with Gasteiger partial charge in [-0.2, -0.15) is 13.2 Å². The number of rotatable bonds is 5. The van der Waals surface area contributed by atoms with Gasteiger partial charge in [-0.3, -0.25) is 9.69 Å². The Balaban J connectivity index is 5.80. The van der Waals surface area contributed by atoms with Gasteiger partial charge in [-0.25, -0.2) is 9.59 Å². The molecule has 0 saturated heterocycles. The van der Waals surface area contributed by atoms with E-state index in [1.165, 1.54) is 20.8 Å². The highest BCUT2D eigenvalue weighted by Crippen LogP contribution is 2.32. The molecule has 3 N–H and O–H groups in total. The smallest absolute Gasteiger partial charge is 0.410 e. The van der Waals surface area contributed by atoms with Crippen LogP contribution >= 0.6 is 0 Å². The van der Waals surface area contributed by atoms with Crippen molar-refractivity contribution in [3.8, 4) is 0 Å². The number of hydrogen-bond acceptors (Lipinski definition) is 5. The van der Waals surface area contributed by atoms with E-state index in [-0.39, 0.29) is 4.90 Å². The Kier molecular flexibility index (Phi) is 6.40. The molecule has 1 amide bonds. The first kappa shape index (κ1) is 21.0. The standard InChI is InChI=1S/C12H18F3NO7/c1-11(2,3)23-10(22)16(4)7(12(13,14)15)5(8(18)19)6(17)9(20)21/h5-7,17H,1-4H3,(H,18,19)(H,20,21)/t5-,6-,7+/m0/s1. The van der Waals surface area contributed by atoms with Gasteiger partial charge in [0.25, 0.3) is 0 Å². The quantitative estimate of drug-likeness (QED) is 0.677. The van der Waals surface area contributed by atoms with Crippen LogP contribution < -0.4 is 0 Å². The minimum Gasteiger partial charge on any atom is -0.481 e. The van der Waals surface area contributed by atoms with Crippen molar-refractivity contribution in [2.75, 3.05) is 7.05 Å². The third-order valence-electron chi connectivity index (χ3n) is 2.65. The predicted molar refractivity (Wildman–Crippen MR) is 68.6 cm³/mol. The van der Waals surface area contributed by atoms with E-state index in [2.05, 4.69) is 0 Å². The highest BCUT2D eigenvalue weighted by atomic mass is 19.4. The number of ether oxygens (including phenoxy) is 1. The van der Waals surface area contributed by atoms with Crippen molar-refractivity contribution in [2.24, 2.45) is 5.92 Å². The van der Waals surface area contributed by atoms with Crippen LogP contribution in [-0.4, -0.2) is 69.2 Å². The number of alkyl halides is 3. The van der Waals surface area contributed by atoms with Crippen LogP contribution in [0.5, 0.6) is 0 Å². The Labute approximate surface area is 129 Å². The number of amides is 1. The summed E-state index contributed by atoms with van der Waals surface area (Å²) in [7, 11) is 0.608. The molecule has 11 heteroatoms. The van der Waals surface area contributed by atoms with Crippen LogP contribution in [0.2, 0.25) is 0 Å². The van der Waals surface area contributed by atoms with Gasteiger partial charge in [0.05, 0.1) is 0 Å². The second-order valence-electron chi connectivity index (χ2n) is 5.72. The summed E-state index contributed by atoms with van der Waals surface area (Å²) in [5, 5.41) is 26.8. The van der Waals surface area contributed by atoms with Gasteiger partial charge in [-0.15, -0.1) is 0 Å². The first-order chi connectivity index (χ1) is 10.1. The molecule has 0 unspecified atom stereocenters. The Bertz CT molecular complexity index is 472. The van der Waals surface area contributed by atoms with E-state index >= 15 is 0 Å². The Morgan fingerprint density at radius 1 is 1.04 bits per heavy atom. The lowest BCUT2D eigenvalue weighted by atomic mass is 9.92. The predicted octanol–water partition coefficient (Wildman–Crippen LogP) is 0.931. The zero-order chi connectivity index (χ0) is 18.7. The average Bonchev–Trinajstić information content (AvgIpc) is 2.29. The number of aliphatic hydroxyl groups excluding tert-OH is 1. The molecule has 0 rings (SSSR count). The summed E-state index contributed by atoms with van der Waals surface area (Å²) in [5.41, 5.74) is -1.16. The molecule has 8 nitrogen and oxygen atoms in total. The first-order valence-corrected chi connectivity index (χ1v) is 6.25. The number of nitrogens with zero attached hydrogens (tertiary/aromatic N) is 1. The van der Waals surface area contributed by atoms with Crippen LogP contribution in [0, 0.1) is 5.92 Å². The number of carboxylic acids is 2. The van der Waals surface area contributed by atoms with Crippen LogP contribution in [0.25, 0.3) is 0 Å². The average molecular weight is 345 g/mol. The molecule has 0 bridgehead atoms. The molecule has 0 aliphatic rings. The maximum Gasteiger partial charge on any atom is 0.410 e. The lowest BCUT2D eigenvalue weighted by Gasteiger charge is -2.35. The largest absolute Gasteiger partial charge is 0.481 e. The van der Waals surface area contributed by atoms with E-state index in [1.807, 2.05) is 0 Å². The SMILES string of the molecule is CN(C(=O)OC(C)(C)C)[C@H]([C@@H](C(=O)O)[C@H](O)C(=O)O)C(F)(F)F. The molecule has 0 fully saturated rings. The van der Waals surface area contributed by atoms with E-state index in [0.717, 1.165) is 0 Å². The number of aliphatic hydroxyl groups is 1. The van der Waals surface area contributed by atoms with E-state index in [4.69, 9.17) is 14.9 Å². The molecule has 0 aliphatic heterocycles. The van der Waals surface area contributed by atoms with Crippen molar-refractivity contribution in [3.63, 3.8) is 0 Å². The molecule has 0 heterocycles. The summed E-state index contributed by atoms with van der Waals surface area (Å²) in [6, 6.07) is -3.10. The van der Waals surface area contributed by atoms with Crippen molar-refractivity contribution in [3.05, 3.63) is 0 Å². The normalized spacial score (nSPS) is 16.2. The summed E-state index contributed by atoms with van der Waals surface area (Å²) in [6.45, 7) is 4.13. The van der Waals surface area contributed by atoms with Crippen molar-refractivity contribution in [1.29, 1.82) is 0 Å². The summed E-state index contributed by atoms with van der Waals surface area (Å²) < 4.78 is 44.3. The molecule has 0 radical (unpaired) electrons. The van der Waals surface area contributed by atoms with Gasteiger partial charge in [0.1, 0.15) is 17.6 Å². The summed E-state index contributed by atoms with van der Waals surface area (Å²) in [4.78, 5) is 33.4. The van der Waals surface area contributed by atoms with Gasteiger partial charge in [0, 0.05) is 7.05 Å². The van der Waals surface area contributed by atoms with Crippen molar-refractivity contribution < 1.29 is 47.6 Å². The number of carboxylic acid groups (broad SMARTS) is 2. The molecule has 3 atom stereocenters. The molecule has 0 aromatic heterocycles. The van der Waals surface area contributed by atoms with Crippen molar-refractivity contribution in [2.45, 2.75) is 44.7 Å². The lowest BCUT2D eigenvalue weighted by molar-refractivity contribution is -0.209. The van der Waals surface area contributed by atoms with Crippen LogP contribution in [0.15, 0.2) is 0 Å². The lowest BCUT2D eigenvalue weighted by Crippen LogP contribution is -2.58. The Morgan fingerprint density at radius 3 is 1.74 bits per heavy atom. The fourth-order valence-corrected chi connectivity index (χ4v) is 1.71. The van der Waals surface area contributed by atoms with Gasteiger partial charge in [0.2, 0.25) is 0 Å². The van der Waals surface area contributed by atoms with Gasteiger partial charge in [-0.05, 0) is 20.8 Å². The van der Waals surface area contributed by atoms with Gasteiger partial charge in [0.15, 0.2) is 6.10 Å². The van der Waals surface area contributed by atoms with Gasteiger partial charge >= 0.3 is 24.2 Å². The van der Waals surface area contributed by atoms with E-state index in [1.54, 1.807) is 0 Å². The highest BCUT2D eigenvalue weighted by Gasteiger charge is 2.56. The number of aliphatic carboxylic acids is 2. The monoisotopic (exact) mass is 345 g/mol. The fraction of sp³-hybridized carbons (Fsp3) is 0.750. The van der Waals surface area contributed by atoms with Crippen LogP contribution in [-0.2, 0) is 14.3 Å². The van der Waals surface area contributed by atoms with Crippen molar-refractivity contribution in [1.82, 2.24) is 4.90 Å². The maximum absolute atomic E-state index is 13.2. The topological polar surface area (TPSA) is 124 Å². The summed E-state index contributed by atoms with van der Waals surface area (Å²) >= 11 is 0. The minimum absolute atomic E-state index is 0.0871. The number of carbonyl (C=O) groups is 3. The molecular weight excluding hydrogens is 327 g/mol. The van der Waals surface area contributed by atoms with E-state index in [0.29, 0.717) is 7.05 Å². The molecule has 0 aliphatic carbocycles. The molecule has 0 aromatic carbocycles. The molecule has 23 heavy (non-hydrogen) atoms. The second-order valence-corrected chi connectivity index (χ2v) is 5.72. The third-order valence-corrected chi connectivity index (χ3v) is 2.65. The first-order valence-electron chi connectivity index (χ1n) is 6.25. The van der Waals surface area contributed by atoms with Gasteiger partial charge < -0.3 is 20.1 Å². The van der Waals surface area contributed by atoms with E-state index < -0.39 is 47.9 Å². The maximum atomic E-state index is 13.2. The molecule has 0 spiro atoms. The van der Waals surface area contributed by atoms with Crippen molar-refractivity contribution >= 4 is 18.0 Å². The Hall–Kier alpha value is -2.04. The zero-order valence-corrected chi connectivity index (χ0v) is 12.8. The molecule has 134 valence electrons. The molecule has 0 saturated carbocycles. The fourth-order valence-electron chi connectivity index (χ4n) is 1.71. The minimum atomic E-state index is -5.31. The van der Waals surface area contributed by atoms with E-state index in [9.17, 15) is 32.7 Å². The van der Waals surface area contributed by atoms with Crippen LogP contribution in [0.4, 0.5) is 18.0 Å². The molecule has 0 aromatic rings. The van der Waals surface area contributed by atoms with Crippen LogP contribution in [0.1, 0.15) is 20.8 Å². The molecular formula is C12H18F3NO7. The summed E-state index contributed by atoms with van der Waals surface area (Å²) in [6.07, 6.45) is -9.70. The summed E-state index contributed by atoms with van der Waals surface area (Å²) in [5.74, 6) is -7.22.